The topological polar surface area (TPSA) is 47.9 Å². The zero-order chi connectivity index (χ0) is 37.5. The highest BCUT2D eigenvalue weighted by molar-refractivity contribution is 7.26. The molecule has 57 heavy (non-hydrogen) atoms. The summed E-state index contributed by atoms with van der Waals surface area (Å²) in [6, 6.07) is 66.5. The second kappa shape index (κ2) is 12.4. The Morgan fingerprint density at radius 1 is 0.368 bits per heavy atom. The Morgan fingerprint density at radius 2 is 0.930 bits per heavy atom. The fraction of sp³-hybridized carbons (Fsp3) is 0.0192. The minimum atomic E-state index is -0.521. The van der Waals surface area contributed by atoms with Gasteiger partial charge in [0.05, 0.1) is 5.41 Å². The van der Waals surface area contributed by atoms with Crippen LogP contribution in [0, 0.1) is 0 Å². The third-order valence-electron chi connectivity index (χ3n) is 11.6. The van der Waals surface area contributed by atoms with E-state index >= 15 is 0 Å². The molecule has 0 N–H and O–H groups in total. The van der Waals surface area contributed by atoms with Gasteiger partial charge in [0.25, 0.3) is 0 Å². The van der Waals surface area contributed by atoms with Crippen LogP contribution in [-0.4, -0.2) is 15.0 Å². The van der Waals surface area contributed by atoms with Crippen molar-refractivity contribution in [1.29, 1.82) is 0 Å². The maximum Gasteiger partial charge on any atom is 0.164 e. The van der Waals surface area contributed by atoms with E-state index in [-0.39, 0.29) is 0 Å². The Kier molecular flexibility index (Phi) is 6.98. The summed E-state index contributed by atoms with van der Waals surface area (Å²) in [5.41, 5.74) is 12.0. The van der Waals surface area contributed by atoms with Gasteiger partial charge in [-0.3, -0.25) is 0 Å². The number of fused-ring (bicyclic) bond motifs is 12. The lowest BCUT2D eigenvalue weighted by Gasteiger charge is -2.39. The number of benzene rings is 8. The van der Waals surface area contributed by atoms with E-state index in [1.165, 1.54) is 32.5 Å². The predicted octanol–water partition coefficient (Wildman–Crippen LogP) is 13.4. The number of para-hydroxylation sites is 1. The average molecular weight is 746 g/mol. The molecule has 0 unspecified atom stereocenters. The van der Waals surface area contributed by atoms with Crippen molar-refractivity contribution in [3.8, 4) is 67.9 Å². The van der Waals surface area contributed by atoms with Crippen LogP contribution in [0.5, 0.6) is 11.5 Å². The van der Waals surface area contributed by atoms with Gasteiger partial charge in [0, 0.05) is 48.0 Å². The Balaban J connectivity index is 1.10. The standard InChI is InChI=1S/C52H31N3OS/c1-3-15-32(16-4-1)34-19-13-20-35(29-34)50-53-49(33-17-5-2-6-18-33)54-51(55-50)38-23-14-28-46-48(38)39-30-45-43(31-47(39)57-46)52(42-26-11-12-27-44(42)56-45)40-24-9-7-21-36(40)37-22-8-10-25-41(37)52/h1-31H. The van der Waals surface area contributed by atoms with E-state index in [0.29, 0.717) is 17.5 Å². The molecule has 1 aliphatic carbocycles. The molecule has 0 fully saturated rings. The largest absolute Gasteiger partial charge is 0.457 e. The monoisotopic (exact) mass is 745 g/mol. The fourth-order valence-corrected chi connectivity index (χ4v) is 10.3. The Hall–Kier alpha value is -7.21. The van der Waals surface area contributed by atoms with E-state index in [0.717, 1.165) is 60.4 Å². The van der Waals surface area contributed by atoms with Gasteiger partial charge < -0.3 is 4.74 Å². The van der Waals surface area contributed by atoms with E-state index in [1.807, 2.05) is 24.3 Å². The third-order valence-corrected chi connectivity index (χ3v) is 12.7. The number of thiophene rings is 1. The maximum atomic E-state index is 6.93. The molecule has 266 valence electrons. The van der Waals surface area contributed by atoms with Crippen LogP contribution in [-0.2, 0) is 5.41 Å². The molecule has 2 aliphatic rings. The fourth-order valence-electron chi connectivity index (χ4n) is 9.17. The lowest BCUT2D eigenvalue weighted by Crippen LogP contribution is -2.32. The van der Waals surface area contributed by atoms with E-state index in [9.17, 15) is 0 Å². The highest BCUT2D eigenvalue weighted by Crippen LogP contribution is 2.63. The number of hydrogen-bond donors (Lipinski definition) is 0. The molecule has 0 bridgehead atoms. The molecule has 12 rings (SSSR count). The normalized spacial score (nSPS) is 13.2. The van der Waals surface area contributed by atoms with Crippen LogP contribution in [0.3, 0.4) is 0 Å². The van der Waals surface area contributed by atoms with Crippen molar-refractivity contribution in [3.63, 3.8) is 0 Å². The van der Waals surface area contributed by atoms with Gasteiger partial charge in [-0.15, -0.1) is 11.3 Å². The molecule has 0 saturated heterocycles. The van der Waals surface area contributed by atoms with Crippen molar-refractivity contribution in [1.82, 2.24) is 15.0 Å². The highest BCUT2D eigenvalue weighted by atomic mass is 32.1. The molecule has 5 heteroatoms. The van der Waals surface area contributed by atoms with Crippen molar-refractivity contribution in [2.75, 3.05) is 0 Å². The Morgan fingerprint density at radius 3 is 1.68 bits per heavy atom. The summed E-state index contributed by atoms with van der Waals surface area (Å²) in [5.74, 6) is 3.64. The third kappa shape index (κ3) is 4.76. The Labute approximate surface area is 333 Å². The van der Waals surface area contributed by atoms with Gasteiger partial charge in [-0.2, -0.15) is 0 Å². The number of aromatic nitrogens is 3. The maximum absolute atomic E-state index is 6.93. The SMILES string of the molecule is c1ccc(-c2cccc(-c3nc(-c4ccccc4)nc(-c4cccc5sc6cc7c(cc6c45)Oc4ccccc4C74c5ccccc5-c5ccccc54)n3)c2)cc1. The summed E-state index contributed by atoms with van der Waals surface area (Å²) in [4.78, 5) is 15.5. The molecule has 0 amide bonds. The second-order valence-electron chi connectivity index (χ2n) is 14.7. The van der Waals surface area contributed by atoms with Crippen LogP contribution in [0.2, 0.25) is 0 Å². The lowest BCUT2D eigenvalue weighted by atomic mass is 9.66. The van der Waals surface area contributed by atoms with Gasteiger partial charge in [-0.25, -0.2) is 15.0 Å². The minimum Gasteiger partial charge on any atom is -0.457 e. The van der Waals surface area contributed by atoms with Gasteiger partial charge in [0.1, 0.15) is 11.5 Å². The molecular formula is C52H31N3OS. The zero-order valence-electron chi connectivity index (χ0n) is 30.6. The molecular weight excluding hydrogens is 715 g/mol. The molecule has 8 aromatic carbocycles. The van der Waals surface area contributed by atoms with Gasteiger partial charge in [0.2, 0.25) is 0 Å². The van der Waals surface area contributed by atoms with Crippen molar-refractivity contribution < 1.29 is 4.74 Å². The smallest absolute Gasteiger partial charge is 0.164 e. The van der Waals surface area contributed by atoms with Crippen molar-refractivity contribution in [2.45, 2.75) is 5.41 Å². The van der Waals surface area contributed by atoms with Gasteiger partial charge in [-0.1, -0.05) is 158 Å². The first-order valence-corrected chi connectivity index (χ1v) is 20.0. The van der Waals surface area contributed by atoms with E-state index in [1.54, 1.807) is 11.3 Å². The van der Waals surface area contributed by atoms with Crippen molar-refractivity contribution in [2.24, 2.45) is 0 Å². The summed E-state index contributed by atoms with van der Waals surface area (Å²) in [5, 5.41) is 2.23. The van der Waals surface area contributed by atoms with Crippen LogP contribution in [0.1, 0.15) is 22.3 Å². The second-order valence-corrected chi connectivity index (χ2v) is 15.8. The minimum absolute atomic E-state index is 0.521. The van der Waals surface area contributed by atoms with Crippen LogP contribution in [0.15, 0.2) is 188 Å². The van der Waals surface area contributed by atoms with Crippen molar-refractivity contribution in [3.05, 3.63) is 210 Å². The zero-order valence-corrected chi connectivity index (χ0v) is 31.4. The summed E-state index contributed by atoms with van der Waals surface area (Å²) in [6.07, 6.45) is 0. The molecule has 10 aromatic rings. The summed E-state index contributed by atoms with van der Waals surface area (Å²) in [7, 11) is 0. The molecule has 1 aliphatic heterocycles. The Bertz CT molecular complexity index is 3180. The number of hydrogen-bond acceptors (Lipinski definition) is 5. The first kappa shape index (κ1) is 32.1. The van der Waals surface area contributed by atoms with Crippen LogP contribution >= 0.6 is 11.3 Å². The van der Waals surface area contributed by atoms with Gasteiger partial charge >= 0.3 is 0 Å². The van der Waals surface area contributed by atoms with Gasteiger partial charge in [-0.05, 0) is 63.7 Å². The van der Waals surface area contributed by atoms with Crippen LogP contribution in [0.4, 0.5) is 0 Å². The van der Waals surface area contributed by atoms with E-state index in [4.69, 9.17) is 19.7 Å². The first-order chi connectivity index (χ1) is 28.2. The van der Waals surface area contributed by atoms with Gasteiger partial charge in [0.15, 0.2) is 17.5 Å². The quantitative estimate of drug-likeness (QED) is 0.180. The van der Waals surface area contributed by atoms with E-state index < -0.39 is 5.41 Å². The first-order valence-electron chi connectivity index (χ1n) is 19.2. The van der Waals surface area contributed by atoms with Crippen LogP contribution < -0.4 is 4.74 Å². The summed E-state index contributed by atoms with van der Waals surface area (Å²) in [6.45, 7) is 0. The molecule has 4 nitrogen and oxygen atoms in total. The molecule has 1 spiro atoms. The highest BCUT2D eigenvalue weighted by Gasteiger charge is 2.51. The summed E-state index contributed by atoms with van der Waals surface area (Å²) < 4.78 is 9.28. The van der Waals surface area contributed by atoms with E-state index in [2.05, 4.69) is 164 Å². The van der Waals surface area contributed by atoms with Crippen LogP contribution in [0.25, 0.3) is 76.6 Å². The van der Waals surface area contributed by atoms with Crippen molar-refractivity contribution >= 4 is 31.5 Å². The molecule has 3 heterocycles. The number of rotatable bonds is 4. The predicted molar refractivity (Wildman–Crippen MR) is 232 cm³/mol. The molecule has 0 radical (unpaired) electrons. The molecule has 0 atom stereocenters. The molecule has 0 saturated carbocycles. The summed E-state index contributed by atoms with van der Waals surface area (Å²) >= 11 is 1.80. The average Bonchev–Trinajstić information content (AvgIpc) is 3.80. The lowest BCUT2D eigenvalue weighted by molar-refractivity contribution is 0.437. The molecule has 2 aromatic heterocycles. The number of nitrogens with zero attached hydrogens (tertiary/aromatic N) is 3. The number of ether oxygens (including phenoxy) is 1.